The number of pyridine rings is 1. The molecule has 9 heteroatoms. The number of aromatic nitrogens is 6. The van der Waals surface area contributed by atoms with Crippen LogP contribution in [0.25, 0.3) is 5.69 Å². The molecule has 146 valence electrons. The third kappa shape index (κ3) is 3.88. The second-order valence-electron chi connectivity index (χ2n) is 6.44. The molecule has 0 saturated heterocycles. The molecule has 0 spiro atoms. The number of halogens is 1. The molecule has 0 bridgehead atoms. The number of carbonyl (C=O) groups is 1. The van der Waals surface area contributed by atoms with Crippen molar-refractivity contribution in [2.24, 2.45) is 0 Å². The molecule has 8 nitrogen and oxygen atoms in total. The van der Waals surface area contributed by atoms with Crippen molar-refractivity contribution >= 4 is 23.3 Å². The topological polar surface area (TPSA) is 90.5 Å². The highest BCUT2D eigenvalue weighted by Crippen LogP contribution is 2.21. The van der Waals surface area contributed by atoms with Gasteiger partial charge in [0.25, 0.3) is 5.91 Å². The zero-order valence-corrected chi connectivity index (χ0v) is 16.6. The molecule has 29 heavy (non-hydrogen) atoms. The van der Waals surface area contributed by atoms with Crippen LogP contribution in [0.5, 0.6) is 0 Å². The first-order valence-electron chi connectivity index (χ1n) is 8.97. The molecule has 0 unspecified atom stereocenters. The van der Waals surface area contributed by atoms with Crippen LogP contribution in [-0.4, -0.2) is 35.4 Å². The zero-order valence-electron chi connectivity index (χ0n) is 15.8. The monoisotopic (exact) mass is 407 g/mol. The molecule has 1 atom stereocenters. The Labute approximate surface area is 172 Å². The smallest absolute Gasteiger partial charge is 0.296 e. The van der Waals surface area contributed by atoms with Crippen molar-refractivity contribution < 1.29 is 4.79 Å². The molecule has 0 saturated carbocycles. The van der Waals surface area contributed by atoms with Gasteiger partial charge in [-0.2, -0.15) is 5.10 Å². The predicted molar refractivity (Wildman–Crippen MR) is 109 cm³/mol. The Kier molecular flexibility index (Phi) is 5.09. The Hall–Kier alpha value is -3.52. The van der Waals surface area contributed by atoms with Crippen LogP contribution in [-0.2, 0) is 0 Å². The van der Waals surface area contributed by atoms with E-state index in [0.29, 0.717) is 16.7 Å². The molecule has 4 rings (SSSR count). The minimum Gasteiger partial charge on any atom is -0.304 e. The van der Waals surface area contributed by atoms with E-state index < -0.39 is 5.91 Å². The average molecular weight is 408 g/mol. The van der Waals surface area contributed by atoms with E-state index in [4.69, 9.17) is 11.6 Å². The Morgan fingerprint density at radius 1 is 1.07 bits per heavy atom. The van der Waals surface area contributed by atoms with Gasteiger partial charge < -0.3 is 5.32 Å². The van der Waals surface area contributed by atoms with Crippen LogP contribution in [0.3, 0.4) is 0 Å². The Balaban J connectivity index is 1.56. The number of hydrogen-bond donors (Lipinski definition) is 1. The highest BCUT2D eigenvalue weighted by molar-refractivity contribution is 6.30. The van der Waals surface area contributed by atoms with E-state index in [0.717, 1.165) is 11.3 Å². The second kappa shape index (κ2) is 7.84. The number of nitrogens with zero attached hydrogens (tertiary/aromatic N) is 6. The molecule has 1 N–H and O–H groups in total. The summed E-state index contributed by atoms with van der Waals surface area (Å²) in [6, 6.07) is 12.6. The number of carbonyl (C=O) groups excluding carboxylic acids is 1. The first-order valence-corrected chi connectivity index (χ1v) is 9.35. The summed E-state index contributed by atoms with van der Waals surface area (Å²) in [5.41, 5.74) is 1.80. The van der Waals surface area contributed by atoms with Gasteiger partial charge in [-0.25, -0.2) is 14.3 Å². The van der Waals surface area contributed by atoms with Gasteiger partial charge in [-0.1, -0.05) is 11.6 Å². The van der Waals surface area contributed by atoms with Gasteiger partial charge in [-0.05, 0) is 55.8 Å². The van der Waals surface area contributed by atoms with Crippen molar-refractivity contribution in [3.63, 3.8) is 0 Å². The van der Waals surface area contributed by atoms with Gasteiger partial charge in [0.05, 0.1) is 17.9 Å². The number of nitrogens with one attached hydrogen (secondary N) is 1. The van der Waals surface area contributed by atoms with Crippen LogP contribution in [0.2, 0.25) is 5.02 Å². The van der Waals surface area contributed by atoms with Gasteiger partial charge in [0.1, 0.15) is 11.6 Å². The molecular formula is C20H18ClN7O. The van der Waals surface area contributed by atoms with Gasteiger partial charge in [0.2, 0.25) is 5.82 Å². The highest BCUT2D eigenvalue weighted by Gasteiger charge is 2.19. The van der Waals surface area contributed by atoms with Crippen molar-refractivity contribution in [3.05, 3.63) is 83.3 Å². The normalized spacial score (nSPS) is 12.0. The summed E-state index contributed by atoms with van der Waals surface area (Å²) < 4.78 is 3.33. The van der Waals surface area contributed by atoms with E-state index in [1.54, 1.807) is 53.1 Å². The van der Waals surface area contributed by atoms with Crippen LogP contribution in [0.15, 0.2) is 61.1 Å². The first-order chi connectivity index (χ1) is 14.0. The summed E-state index contributed by atoms with van der Waals surface area (Å²) in [7, 11) is 0. The number of amides is 1. The third-order valence-electron chi connectivity index (χ3n) is 4.51. The lowest BCUT2D eigenvalue weighted by molar-refractivity contribution is 0.101. The zero-order chi connectivity index (χ0) is 20.4. The first kappa shape index (κ1) is 18.8. The summed E-state index contributed by atoms with van der Waals surface area (Å²) in [5.74, 6) is 0.808. The average Bonchev–Trinajstić information content (AvgIpc) is 3.35. The molecule has 0 radical (unpaired) electrons. The SMILES string of the molecule is Cc1nc(C(=O)Nc2ccnn2[C@@H](C)c2ccncc2)nn1-c1ccc(Cl)cc1. The molecule has 0 aliphatic heterocycles. The Bertz CT molecular complexity index is 1140. The minimum absolute atomic E-state index is 0.0711. The van der Waals surface area contributed by atoms with E-state index in [1.165, 1.54) is 0 Å². The third-order valence-corrected chi connectivity index (χ3v) is 4.76. The molecule has 1 aromatic carbocycles. The van der Waals surface area contributed by atoms with E-state index in [9.17, 15) is 4.79 Å². The van der Waals surface area contributed by atoms with E-state index in [1.807, 2.05) is 31.2 Å². The number of aryl methyl sites for hydroxylation is 1. The largest absolute Gasteiger partial charge is 0.304 e. The quantitative estimate of drug-likeness (QED) is 0.545. The summed E-state index contributed by atoms with van der Waals surface area (Å²) >= 11 is 5.94. The number of hydrogen-bond acceptors (Lipinski definition) is 5. The summed E-state index contributed by atoms with van der Waals surface area (Å²) in [5, 5.41) is 12.1. The molecule has 3 aromatic heterocycles. The van der Waals surface area contributed by atoms with Crippen molar-refractivity contribution in [3.8, 4) is 5.69 Å². The van der Waals surface area contributed by atoms with E-state index >= 15 is 0 Å². The van der Waals surface area contributed by atoms with E-state index in [-0.39, 0.29) is 11.9 Å². The lowest BCUT2D eigenvalue weighted by Gasteiger charge is -2.15. The Morgan fingerprint density at radius 2 is 1.79 bits per heavy atom. The van der Waals surface area contributed by atoms with Crippen LogP contribution in [0.1, 0.15) is 35.0 Å². The maximum absolute atomic E-state index is 12.8. The molecule has 0 aliphatic carbocycles. The highest BCUT2D eigenvalue weighted by atomic mass is 35.5. The van der Waals surface area contributed by atoms with Crippen LogP contribution in [0, 0.1) is 6.92 Å². The maximum atomic E-state index is 12.8. The molecule has 3 heterocycles. The number of anilines is 1. The molecule has 0 aliphatic rings. The summed E-state index contributed by atoms with van der Waals surface area (Å²) in [6.07, 6.45) is 5.09. The van der Waals surface area contributed by atoms with Crippen LogP contribution < -0.4 is 5.32 Å². The second-order valence-corrected chi connectivity index (χ2v) is 6.88. The maximum Gasteiger partial charge on any atom is 0.296 e. The fourth-order valence-corrected chi connectivity index (χ4v) is 3.12. The Morgan fingerprint density at radius 3 is 2.52 bits per heavy atom. The van der Waals surface area contributed by atoms with Crippen molar-refractivity contribution in [2.45, 2.75) is 19.9 Å². The lowest BCUT2D eigenvalue weighted by atomic mass is 10.1. The molecular weight excluding hydrogens is 390 g/mol. The molecule has 4 aromatic rings. The molecule has 0 fully saturated rings. The van der Waals surface area contributed by atoms with Crippen LogP contribution in [0.4, 0.5) is 5.82 Å². The van der Waals surface area contributed by atoms with Crippen molar-refractivity contribution in [1.82, 2.24) is 29.5 Å². The van der Waals surface area contributed by atoms with Gasteiger partial charge >= 0.3 is 0 Å². The van der Waals surface area contributed by atoms with Gasteiger partial charge in [-0.15, -0.1) is 5.10 Å². The number of rotatable bonds is 5. The van der Waals surface area contributed by atoms with Gasteiger partial charge in [0, 0.05) is 23.5 Å². The number of benzene rings is 1. The van der Waals surface area contributed by atoms with Crippen molar-refractivity contribution in [2.75, 3.05) is 5.32 Å². The fraction of sp³-hybridized carbons (Fsp3) is 0.150. The fourth-order valence-electron chi connectivity index (χ4n) is 2.99. The lowest BCUT2D eigenvalue weighted by Crippen LogP contribution is -2.19. The van der Waals surface area contributed by atoms with E-state index in [2.05, 4.69) is 25.5 Å². The van der Waals surface area contributed by atoms with Gasteiger partial charge in [0.15, 0.2) is 0 Å². The summed E-state index contributed by atoms with van der Waals surface area (Å²) in [4.78, 5) is 21.1. The molecule has 1 amide bonds. The minimum atomic E-state index is -0.413. The van der Waals surface area contributed by atoms with Gasteiger partial charge in [-0.3, -0.25) is 9.78 Å². The summed E-state index contributed by atoms with van der Waals surface area (Å²) in [6.45, 7) is 3.78. The van der Waals surface area contributed by atoms with Crippen LogP contribution >= 0.6 is 11.6 Å². The standard InChI is InChI=1S/C20H18ClN7O/c1-13(15-7-10-22-11-8-15)27-18(9-12-23-27)25-20(29)19-24-14(2)28(26-19)17-5-3-16(21)4-6-17/h3-13H,1-2H3,(H,25,29)/t13-/m0/s1. The van der Waals surface area contributed by atoms with Crippen molar-refractivity contribution in [1.29, 1.82) is 0 Å². The predicted octanol–water partition coefficient (Wildman–Crippen LogP) is 3.68.